The lowest BCUT2D eigenvalue weighted by atomic mass is 10.0. The van der Waals surface area contributed by atoms with Crippen LogP contribution in [0.1, 0.15) is 22.6 Å². The number of anilines is 1. The van der Waals surface area contributed by atoms with Crippen LogP contribution in [-0.4, -0.2) is 15.9 Å². The molecule has 2 aromatic carbocycles. The highest BCUT2D eigenvalue weighted by atomic mass is 16.1. The van der Waals surface area contributed by atoms with Crippen LogP contribution >= 0.6 is 0 Å². The fourth-order valence-electron chi connectivity index (χ4n) is 3.22. The van der Waals surface area contributed by atoms with Crippen molar-refractivity contribution >= 4 is 11.6 Å². The van der Waals surface area contributed by atoms with Crippen LogP contribution in [0.25, 0.3) is 11.1 Å². The van der Waals surface area contributed by atoms with Gasteiger partial charge in [-0.2, -0.15) is 0 Å². The summed E-state index contributed by atoms with van der Waals surface area (Å²) in [6, 6.07) is 16.4. The second kappa shape index (κ2) is 6.48. The lowest BCUT2D eigenvalue weighted by Gasteiger charge is -2.09. The second-order valence-electron chi connectivity index (χ2n) is 6.37. The summed E-state index contributed by atoms with van der Waals surface area (Å²) in [5.41, 5.74) is 6.29. The van der Waals surface area contributed by atoms with Gasteiger partial charge in [-0.15, -0.1) is 0 Å². The van der Waals surface area contributed by atoms with Crippen LogP contribution in [0.3, 0.4) is 0 Å². The number of benzene rings is 2. The molecule has 0 radical (unpaired) electrons. The molecule has 0 spiro atoms. The number of rotatable bonds is 4. The molecule has 0 fully saturated rings. The highest BCUT2D eigenvalue weighted by molar-refractivity contribution is 5.99. The average Bonchev–Trinajstić information content (AvgIpc) is 3.00. The molecule has 1 aliphatic rings. The van der Waals surface area contributed by atoms with Crippen molar-refractivity contribution in [3.8, 4) is 11.1 Å². The molecule has 1 aromatic heterocycles. The van der Waals surface area contributed by atoms with E-state index in [0.717, 1.165) is 46.7 Å². The Balaban J connectivity index is 1.54. The Morgan fingerprint density at radius 2 is 1.92 bits per heavy atom. The Morgan fingerprint density at radius 3 is 2.72 bits per heavy atom. The molecular formula is C21H19N3O. The minimum Gasteiger partial charge on any atom is -0.326 e. The normalized spacial score (nSPS) is 12.8. The SMILES string of the molecule is Cc1nc(CCc2ccccc2)ncc1-c1ccc2c(c1)CC(=O)N2. The van der Waals surface area contributed by atoms with Crippen LogP contribution in [0.2, 0.25) is 0 Å². The third kappa shape index (κ3) is 3.29. The lowest BCUT2D eigenvalue weighted by Crippen LogP contribution is -2.03. The molecular weight excluding hydrogens is 310 g/mol. The van der Waals surface area contributed by atoms with Crippen LogP contribution in [0.5, 0.6) is 0 Å². The van der Waals surface area contributed by atoms with E-state index in [1.54, 1.807) is 0 Å². The molecule has 0 saturated heterocycles. The van der Waals surface area contributed by atoms with Crippen LogP contribution in [0, 0.1) is 6.92 Å². The third-order valence-corrected chi connectivity index (χ3v) is 4.55. The van der Waals surface area contributed by atoms with E-state index in [9.17, 15) is 4.79 Å². The summed E-state index contributed by atoms with van der Waals surface area (Å²) in [6.45, 7) is 2.01. The van der Waals surface area contributed by atoms with Crippen molar-refractivity contribution in [3.63, 3.8) is 0 Å². The van der Waals surface area contributed by atoms with Gasteiger partial charge in [0.1, 0.15) is 5.82 Å². The number of amides is 1. The Kier molecular flexibility index (Phi) is 4.02. The van der Waals surface area contributed by atoms with Gasteiger partial charge in [-0.05, 0) is 42.2 Å². The van der Waals surface area contributed by atoms with Gasteiger partial charge < -0.3 is 5.32 Å². The molecule has 0 saturated carbocycles. The summed E-state index contributed by atoms with van der Waals surface area (Å²) in [5, 5.41) is 2.86. The van der Waals surface area contributed by atoms with Gasteiger partial charge in [0.25, 0.3) is 0 Å². The number of hydrogen-bond acceptors (Lipinski definition) is 3. The van der Waals surface area contributed by atoms with Crippen LogP contribution in [0.4, 0.5) is 5.69 Å². The molecule has 124 valence electrons. The predicted octanol–water partition coefficient (Wildman–Crippen LogP) is 3.73. The molecule has 0 unspecified atom stereocenters. The van der Waals surface area contributed by atoms with Crippen molar-refractivity contribution in [2.45, 2.75) is 26.2 Å². The van der Waals surface area contributed by atoms with Crippen molar-refractivity contribution in [2.75, 3.05) is 5.32 Å². The van der Waals surface area contributed by atoms with Gasteiger partial charge in [0.15, 0.2) is 0 Å². The minimum absolute atomic E-state index is 0.0522. The van der Waals surface area contributed by atoms with E-state index < -0.39 is 0 Å². The molecule has 25 heavy (non-hydrogen) atoms. The molecule has 1 amide bonds. The van der Waals surface area contributed by atoms with E-state index in [1.807, 2.05) is 31.3 Å². The fourth-order valence-corrected chi connectivity index (χ4v) is 3.22. The van der Waals surface area contributed by atoms with E-state index in [1.165, 1.54) is 5.56 Å². The van der Waals surface area contributed by atoms with Gasteiger partial charge in [-0.3, -0.25) is 4.79 Å². The summed E-state index contributed by atoms with van der Waals surface area (Å²) < 4.78 is 0. The number of aromatic nitrogens is 2. The zero-order valence-corrected chi connectivity index (χ0v) is 14.1. The van der Waals surface area contributed by atoms with Crippen LogP contribution < -0.4 is 5.32 Å². The van der Waals surface area contributed by atoms with Crippen molar-refractivity contribution in [1.82, 2.24) is 9.97 Å². The largest absolute Gasteiger partial charge is 0.326 e. The second-order valence-corrected chi connectivity index (χ2v) is 6.37. The van der Waals surface area contributed by atoms with Crippen molar-refractivity contribution in [1.29, 1.82) is 0 Å². The molecule has 1 N–H and O–H groups in total. The first-order valence-corrected chi connectivity index (χ1v) is 8.48. The topological polar surface area (TPSA) is 54.9 Å². The maximum absolute atomic E-state index is 11.5. The quantitative estimate of drug-likeness (QED) is 0.793. The number of fused-ring (bicyclic) bond motifs is 1. The van der Waals surface area contributed by atoms with E-state index in [0.29, 0.717) is 6.42 Å². The van der Waals surface area contributed by atoms with E-state index in [-0.39, 0.29) is 5.91 Å². The zero-order chi connectivity index (χ0) is 17.2. The molecule has 3 aromatic rings. The first-order chi connectivity index (χ1) is 12.2. The molecule has 4 rings (SSSR count). The Hall–Kier alpha value is -3.01. The van der Waals surface area contributed by atoms with E-state index >= 15 is 0 Å². The number of carbonyl (C=O) groups is 1. The number of nitrogens with one attached hydrogen (secondary N) is 1. The molecule has 1 aliphatic heterocycles. The van der Waals surface area contributed by atoms with Gasteiger partial charge in [0.05, 0.1) is 6.42 Å². The predicted molar refractivity (Wildman–Crippen MR) is 98.4 cm³/mol. The van der Waals surface area contributed by atoms with Gasteiger partial charge >= 0.3 is 0 Å². The minimum atomic E-state index is 0.0522. The monoisotopic (exact) mass is 329 g/mol. The van der Waals surface area contributed by atoms with E-state index in [2.05, 4.69) is 45.6 Å². The summed E-state index contributed by atoms with van der Waals surface area (Å²) in [4.78, 5) is 20.7. The zero-order valence-electron chi connectivity index (χ0n) is 14.1. The van der Waals surface area contributed by atoms with Gasteiger partial charge in [-0.1, -0.05) is 36.4 Å². The molecule has 4 heteroatoms. The number of hydrogen-bond donors (Lipinski definition) is 1. The fraction of sp³-hybridized carbons (Fsp3) is 0.190. The Labute approximate surface area is 147 Å². The molecule has 4 nitrogen and oxygen atoms in total. The lowest BCUT2D eigenvalue weighted by molar-refractivity contribution is -0.115. The Morgan fingerprint density at radius 1 is 1.08 bits per heavy atom. The molecule has 0 aliphatic carbocycles. The number of nitrogens with zero attached hydrogens (tertiary/aromatic N) is 2. The summed E-state index contributed by atoms with van der Waals surface area (Å²) in [7, 11) is 0. The summed E-state index contributed by atoms with van der Waals surface area (Å²) >= 11 is 0. The van der Waals surface area contributed by atoms with Gasteiger partial charge in [-0.25, -0.2) is 9.97 Å². The molecule has 0 bridgehead atoms. The summed E-state index contributed by atoms with van der Waals surface area (Å²) in [5.74, 6) is 0.916. The maximum Gasteiger partial charge on any atom is 0.228 e. The first-order valence-electron chi connectivity index (χ1n) is 8.48. The molecule has 0 atom stereocenters. The van der Waals surface area contributed by atoms with Crippen molar-refractivity contribution in [3.05, 3.63) is 77.4 Å². The van der Waals surface area contributed by atoms with E-state index in [4.69, 9.17) is 0 Å². The highest BCUT2D eigenvalue weighted by Crippen LogP contribution is 2.29. The maximum atomic E-state index is 11.5. The van der Waals surface area contributed by atoms with Crippen LogP contribution in [-0.2, 0) is 24.1 Å². The van der Waals surface area contributed by atoms with Gasteiger partial charge in [0.2, 0.25) is 5.91 Å². The highest BCUT2D eigenvalue weighted by Gasteiger charge is 2.18. The summed E-state index contributed by atoms with van der Waals surface area (Å²) in [6.07, 6.45) is 4.10. The van der Waals surface area contributed by atoms with Crippen molar-refractivity contribution in [2.24, 2.45) is 0 Å². The van der Waals surface area contributed by atoms with Crippen LogP contribution in [0.15, 0.2) is 54.7 Å². The third-order valence-electron chi connectivity index (χ3n) is 4.55. The van der Waals surface area contributed by atoms with Gasteiger partial charge in [0, 0.05) is 29.6 Å². The van der Waals surface area contributed by atoms with Crippen molar-refractivity contribution < 1.29 is 4.79 Å². The smallest absolute Gasteiger partial charge is 0.228 e. The number of aryl methyl sites for hydroxylation is 3. The Bertz CT molecular complexity index is 935. The average molecular weight is 329 g/mol. The standard InChI is InChI=1S/C21H19N3O/c1-14-18(16-8-9-19-17(11-16)12-21(25)24-19)13-22-20(23-14)10-7-15-5-3-2-4-6-15/h2-6,8-9,11,13H,7,10,12H2,1H3,(H,24,25). The number of carbonyl (C=O) groups excluding carboxylic acids is 1. The molecule has 2 heterocycles. The first kappa shape index (κ1) is 15.5.